The van der Waals surface area contributed by atoms with E-state index in [9.17, 15) is 14.4 Å². The molecule has 2 rings (SSSR count). The lowest BCUT2D eigenvalue weighted by Crippen LogP contribution is -2.41. The van der Waals surface area contributed by atoms with Crippen molar-refractivity contribution in [2.24, 2.45) is 11.8 Å². The molecule has 3 atom stereocenters. The van der Waals surface area contributed by atoms with Gasteiger partial charge in [-0.25, -0.2) is 0 Å². The summed E-state index contributed by atoms with van der Waals surface area (Å²) in [6, 6.07) is -0.453. The van der Waals surface area contributed by atoms with Crippen molar-refractivity contribution in [2.45, 2.75) is 32.7 Å². The number of carboxylic acids is 1. The van der Waals surface area contributed by atoms with Crippen LogP contribution in [0.15, 0.2) is 0 Å². The lowest BCUT2D eigenvalue weighted by molar-refractivity contribution is -0.143. The average Bonchev–Trinajstić information content (AvgIpc) is 2.84. The second-order valence-corrected chi connectivity index (χ2v) is 5.48. The van der Waals surface area contributed by atoms with Crippen molar-refractivity contribution in [2.75, 3.05) is 19.6 Å². The molecular weight excluding hydrogens is 248 g/mol. The molecule has 2 saturated heterocycles. The monoisotopic (exact) mass is 268 g/mol. The Hall–Kier alpha value is -1.43. The van der Waals surface area contributed by atoms with Crippen LogP contribution in [0.25, 0.3) is 0 Å². The molecule has 0 bridgehead atoms. The number of likely N-dealkylation sites (tertiary alicyclic amines) is 2. The molecule has 6 heteroatoms. The number of imide groups is 1. The lowest BCUT2D eigenvalue weighted by atomic mass is 9.99. The lowest BCUT2D eigenvalue weighted by Gasteiger charge is -2.22. The van der Waals surface area contributed by atoms with Crippen LogP contribution in [0.1, 0.15) is 26.7 Å². The number of carbonyl (C=O) groups is 3. The van der Waals surface area contributed by atoms with Gasteiger partial charge in [-0.05, 0) is 12.3 Å². The second kappa shape index (κ2) is 5.28. The standard InChI is InChI=1S/C13H20N2O4/c1-3-4-15-11(16)5-10(12(15)17)14-6-8(2)9(7-14)13(18)19/h8-10H,3-7H2,1-2H3,(H,18,19). The van der Waals surface area contributed by atoms with Gasteiger partial charge in [-0.15, -0.1) is 0 Å². The van der Waals surface area contributed by atoms with E-state index in [1.165, 1.54) is 4.90 Å². The maximum atomic E-state index is 12.2. The highest BCUT2D eigenvalue weighted by Gasteiger charge is 2.46. The van der Waals surface area contributed by atoms with Gasteiger partial charge in [-0.1, -0.05) is 13.8 Å². The summed E-state index contributed by atoms with van der Waals surface area (Å²) in [5.41, 5.74) is 0. The van der Waals surface area contributed by atoms with Gasteiger partial charge in [0.1, 0.15) is 0 Å². The first-order valence-electron chi connectivity index (χ1n) is 6.76. The summed E-state index contributed by atoms with van der Waals surface area (Å²) in [7, 11) is 0. The molecule has 2 aliphatic heterocycles. The Labute approximate surface area is 112 Å². The molecule has 0 aromatic rings. The molecule has 2 fully saturated rings. The summed E-state index contributed by atoms with van der Waals surface area (Å²) in [5, 5.41) is 9.11. The molecule has 2 aliphatic rings. The predicted molar refractivity (Wildman–Crippen MR) is 67.3 cm³/mol. The maximum Gasteiger partial charge on any atom is 0.308 e. The van der Waals surface area contributed by atoms with Crippen molar-refractivity contribution in [3.8, 4) is 0 Å². The fourth-order valence-corrected chi connectivity index (χ4v) is 2.99. The smallest absolute Gasteiger partial charge is 0.308 e. The minimum atomic E-state index is -0.822. The Morgan fingerprint density at radius 3 is 2.58 bits per heavy atom. The highest BCUT2D eigenvalue weighted by atomic mass is 16.4. The molecule has 0 aromatic carbocycles. The molecule has 0 aromatic heterocycles. The van der Waals surface area contributed by atoms with Crippen LogP contribution < -0.4 is 0 Å². The average molecular weight is 268 g/mol. The first-order chi connectivity index (χ1) is 8.95. The van der Waals surface area contributed by atoms with Crippen molar-refractivity contribution in [3.63, 3.8) is 0 Å². The fraction of sp³-hybridized carbons (Fsp3) is 0.769. The SMILES string of the molecule is CCCN1C(=O)CC(N2CC(C)C(C(=O)O)C2)C1=O. The van der Waals surface area contributed by atoms with E-state index in [1.807, 2.05) is 18.7 Å². The zero-order chi connectivity index (χ0) is 14.2. The van der Waals surface area contributed by atoms with E-state index in [-0.39, 0.29) is 24.2 Å². The summed E-state index contributed by atoms with van der Waals surface area (Å²) >= 11 is 0. The van der Waals surface area contributed by atoms with E-state index >= 15 is 0 Å². The van der Waals surface area contributed by atoms with Gasteiger partial charge in [0.2, 0.25) is 11.8 Å². The number of rotatable bonds is 4. The summed E-state index contributed by atoms with van der Waals surface area (Å²) in [5.74, 6) is -1.55. The minimum Gasteiger partial charge on any atom is -0.481 e. The van der Waals surface area contributed by atoms with E-state index in [1.54, 1.807) is 0 Å². The van der Waals surface area contributed by atoms with Crippen LogP contribution in [0, 0.1) is 11.8 Å². The Bertz CT molecular complexity index is 409. The third kappa shape index (κ3) is 2.49. The van der Waals surface area contributed by atoms with Gasteiger partial charge in [0.25, 0.3) is 0 Å². The minimum absolute atomic E-state index is 0.0145. The molecule has 0 radical (unpaired) electrons. The van der Waals surface area contributed by atoms with Crippen LogP contribution in [-0.2, 0) is 14.4 Å². The molecule has 1 N–H and O–H groups in total. The molecule has 0 aliphatic carbocycles. The van der Waals surface area contributed by atoms with E-state index in [0.717, 1.165) is 6.42 Å². The topological polar surface area (TPSA) is 77.9 Å². The third-order valence-electron chi connectivity index (χ3n) is 4.07. The van der Waals surface area contributed by atoms with Crippen molar-refractivity contribution in [1.29, 1.82) is 0 Å². The predicted octanol–water partition coefficient (Wildman–Crippen LogP) is 0.176. The van der Waals surface area contributed by atoms with Gasteiger partial charge >= 0.3 is 5.97 Å². The Kier molecular flexibility index (Phi) is 3.89. The third-order valence-corrected chi connectivity index (χ3v) is 4.07. The fourth-order valence-electron chi connectivity index (χ4n) is 2.99. The summed E-state index contributed by atoms with van der Waals surface area (Å²) < 4.78 is 0. The Balaban J connectivity index is 2.06. The first kappa shape index (κ1) is 14.0. The zero-order valence-corrected chi connectivity index (χ0v) is 11.3. The molecular formula is C13H20N2O4. The van der Waals surface area contributed by atoms with Gasteiger partial charge in [-0.2, -0.15) is 0 Å². The maximum absolute atomic E-state index is 12.2. The number of nitrogens with zero attached hydrogens (tertiary/aromatic N) is 2. The van der Waals surface area contributed by atoms with Crippen molar-refractivity contribution < 1.29 is 19.5 Å². The highest BCUT2D eigenvalue weighted by Crippen LogP contribution is 2.29. The Morgan fingerprint density at radius 2 is 2.05 bits per heavy atom. The summed E-state index contributed by atoms with van der Waals surface area (Å²) in [6.45, 7) is 5.19. The summed E-state index contributed by atoms with van der Waals surface area (Å²) in [4.78, 5) is 38.3. The van der Waals surface area contributed by atoms with Crippen LogP contribution in [0.3, 0.4) is 0 Å². The van der Waals surface area contributed by atoms with Crippen molar-refractivity contribution >= 4 is 17.8 Å². The van der Waals surface area contributed by atoms with Gasteiger partial charge < -0.3 is 5.11 Å². The Morgan fingerprint density at radius 1 is 1.37 bits per heavy atom. The van der Waals surface area contributed by atoms with Crippen molar-refractivity contribution in [3.05, 3.63) is 0 Å². The van der Waals surface area contributed by atoms with E-state index in [2.05, 4.69) is 0 Å². The molecule has 0 saturated carbocycles. The normalized spacial score (nSPS) is 32.3. The molecule has 106 valence electrons. The van der Waals surface area contributed by atoms with Crippen LogP contribution in [-0.4, -0.2) is 58.4 Å². The molecule has 2 heterocycles. The number of carbonyl (C=O) groups excluding carboxylic acids is 2. The number of amides is 2. The molecule has 19 heavy (non-hydrogen) atoms. The van der Waals surface area contributed by atoms with Crippen LogP contribution in [0.2, 0.25) is 0 Å². The van der Waals surface area contributed by atoms with E-state index in [0.29, 0.717) is 19.6 Å². The zero-order valence-electron chi connectivity index (χ0n) is 11.3. The van der Waals surface area contributed by atoms with Crippen LogP contribution in [0.4, 0.5) is 0 Å². The quantitative estimate of drug-likeness (QED) is 0.736. The molecule has 0 spiro atoms. The van der Waals surface area contributed by atoms with E-state index in [4.69, 9.17) is 5.11 Å². The van der Waals surface area contributed by atoms with Gasteiger partial charge in [0, 0.05) is 19.6 Å². The summed E-state index contributed by atoms with van der Waals surface area (Å²) in [6.07, 6.45) is 0.941. The highest BCUT2D eigenvalue weighted by molar-refractivity contribution is 6.05. The molecule has 3 unspecified atom stereocenters. The van der Waals surface area contributed by atoms with Crippen LogP contribution in [0.5, 0.6) is 0 Å². The number of carboxylic acid groups (broad SMARTS) is 1. The van der Waals surface area contributed by atoms with Crippen LogP contribution >= 0.6 is 0 Å². The molecule has 6 nitrogen and oxygen atoms in total. The number of aliphatic carboxylic acids is 1. The van der Waals surface area contributed by atoms with Crippen molar-refractivity contribution in [1.82, 2.24) is 9.80 Å². The van der Waals surface area contributed by atoms with E-state index < -0.39 is 17.9 Å². The number of hydrogen-bond acceptors (Lipinski definition) is 4. The number of hydrogen-bond donors (Lipinski definition) is 1. The van der Waals surface area contributed by atoms with Gasteiger partial charge in [0.15, 0.2) is 0 Å². The molecule has 2 amide bonds. The van der Waals surface area contributed by atoms with Gasteiger partial charge in [-0.3, -0.25) is 24.2 Å². The van der Waals surface area contributed by atoms with Gasteiger partial charge in [0.05, 0.1) is 18.4 Å². The first-order valence-corrected chi connectivity index (χ1v) is 6.76. The largest absolute Gasteiger partial charge is 0.481 e. The second-order valence-electron chi connectivity index (χ2n) is 5.48.